The number of hydrazine groups is 1. The minimum Gasteiger partial charge on any atom is -0.451 e. The topological polar surface area (TPSA) is 84.5 Å². The lowest BCUT2D eigenvalue weighted by molar-refractivity contribution is -0.125. The van der Waals surface area contributed by atoms with Gasteiger partial charge in [0.1, 0.15) is 4.88 Å². The summed E-state index contributed by atoms with van der Waals surface area (Å²) in [5.74, 6) is -0.926. The summed E-state index contributed by atoms with van der Waals surface area (Å²) >= 11 is 1.44. The van der Waals surface area contributed by atoms with E-state index >= 15 is 0 Å². The SMILES string of the molecule is C[C@H]1CCc2sc(C(=O)OCC(=O)NNC(=O)c3ccccc3)cc2C1. The molecule has 0 saturated carbocycles. The van der Waals surface area contributed by atoms with Crippen LogP contribution in [0.4, 0.5) is 0 Å². The molecule has 136 valence electrons. The van der Waals surface area contributed by atoms with Crippen LogP contribution < -0.4 is 10.9 Å². The van der Waals surface area contributed by atoms with Crippen molar-refractivity contribution in [3.8, 4) is 0 Å². The second-order valence-corrected chi connectivity index (χ2v) is 7.49. The van der Waals surface area contributed by atoms with E-state index in [1.807, 2.05) is 6.07 Å². The van der Waals surface area contributed by atoms with Crippen LogP contribution in [-0.4, -0.2) is 24.4 Å². The minimum atomic E-state index is -0.599. The smallest absolute Gasteiger partial charge is 0.348 e. The van der Waals surface area contributed by atoms with Crippen molar-refractivity contribution in [3.05, 3.63) is 57.3 Å². The molecule has 0 radical (unpaired) electrons. The third-order valence-corrected chi connectivity index (χ3v) is 5.43. The number of ether oxygens (including phenoxy) is 1. The van der Waals surface area contributed by atoms with Crippen molar-refractivity contribution in [2.75, 3.05) is 6.61 Å². The molecule has 2 N–H and O–H groups in total. The Kier molecular flexibility index (Phi) is 5.68. The molecule has 1 aromatic heterocycles. The normalized spacial score (nSPS) is 15.7. The number of nitrogens with one attached hydrogen (secondary N) is 2. The molecular formula is C19H20N2O4S. The highest BCUT2D eigenvalue weighted by atomic mass is 32.1. The number of carbonyl (C=O) groups excluding carboxylic acids is 3. The number of carbonyl (C=O) groups is 3. The molecule has 0 spiro atoms. The van der Waals surface area contributed by atoms with Gasteiger partial charge in [-0.1, -0.05) is 25.1 Å². The molecule has 6 nitrogen and oxygen atoms in total. The van der Waals surface area contributed by atoms with Crippen LogP contribution in [0.2, 0.25) is 0 Å². The highest BCUT2D eigenvalue weighted by Gasteiger charge is 2.21. The molecule has 7 heteroatoms. The number of amides is 2. The summed E-state index contributed by atoms with van der Waals surface area (Å²) in [6, 6.07) is 10.4. The molecule has 1 aliphatic carbocycles. The van der Waals surface area contributed by atoms with Crippen LogP contribution in [0.15, 0.2) is 36.4 Å². The summed E-state index contributed by atoms with van der Waals surface area (Å²) in [5, 5.41) is 0. The molecule has 1 atom stereocenters. The van der Waals surface area contributed by atoms with Crippen LogP contribution in [-0.2, 0) is 22.4 Å². The maximum absolute atomic E-state index is 12.1. The number of rotatable bonds is 4. The number of esters is 1. The predicted molar refractivity (Wildman–Crippen MR) is 97.8 cm³/mol. The molecule has 0 aliphatic heterocycles. The van der Waals surface area contributed by atoms with Crippen LogP contribution in [0.1, 0.15) is 43.8 Å². The number of hydrogen-bond acceptors (Lipinski definition) is 5. The van der Waals surface area contributed by atoms with Crippen LogP contribution in [0.5, 0.6) is 0 Å². The van der Waals surface area contributed by atoms with E-state index in [2.05, 4.69) is 17.8 Å². The van der Waals surface area contributed by atoms with E-state index in [4.69, 9.17) is 4.74 Å². The monoisotopic (exact) mass is 372 g/mol. The quantitative estimate of drug-likeness (QED) is 0.638. The van der Waals surface area contributed by atoms with E-state index in [0.29, 0.717) is 16.4 Å². The second-order valence-electron chi connectivity index (χ2n) is 6.35. The molecule has 3 rings (SSSR count). The fourth-order valence-electron chi connectivity index (χ4n) is 2.83. The zero-order valence-corrected chi connectivity index (χ0v) is 15.2. The number of hydrogen-bond donors (Lipinski definition) is 2. The van der Waals surface area contributed by atoms with E-state index in [9.17, 15) is 14.4 Å². The maximum Gasteiger partial charge on any atom is 0.348 e. The summed E-state index contributed by atoms with van der Waals surface area (Å²) in [5.41, 5.74) is 6.14. The summed E-state index contributed by atoms with van der Waals surface area (Å²) in [6.45, 7) is 1.75. The van der Waals surface area contributed by atoms with E-state index in [-0.39, 0.29) is 0 Å². The van der Waals surface area contributed by atoms with E-state index in [1.54, 1.807) is 30.3 Å². The third-order valence-electron chi connectivity index (χ3n) is 4.22. The van der Waals surface area contributed by atoms with Gasteiger partial charge < -0.3 is 4.74 Å². The van der Waals surface area contributed by atoms with Gasteiger partial charge in [0.2, 0.25) is 0 Å². The van der Waals surface area contributed by atoms with Crippen LogP contribution in [0.25, 0.3) is 0 Å². The molecule has 0 fully saturated rings. The van der Waals surface area contributed by atoms with E-state index in [1.165, 1.54) is 21.8 Å². The summed E-state index contributed by atoms with van der Waals surface area (Å²) in [6.07, 6.45) is 3.09. The molecule has 0 unspecified atom stereocenters. The van der Waals surface area contributed by atoms with Gasteiger partial charge in [0, 0.05) is 10.4 Å². The first-order valence-corrected chi connectivity index (χ1v) is 9.27. The lowest BCUT2D eigenvalue weighted by atomic mass is 9.90. The first kappa shape index (κ1) is 18.1. The van der Waals surface area contributed by atoms with Gasteiger partial charge in [-0.15, -0.1) is 11.3 Å². The van der Waals surface area contributed by atoms with Crippen LogP contribution in [0.3, 0.4) is 0 Å². The fourth-order valence-corrected chi connectivity index (χ4v) is 3.94. The molecule has 2 amide bonds. The number of fused-ring (bicyclic) bond motifs is 1. The standard InChI is InChI=1S/C19H20N2O4S/c1-12-7-8-15-14(9-12)10-16(26-15)19(24)25-11-17(22)20-21-18(23)13-5-3-2-4-6-13/h2-6,10,12H,7-9,11H2,1H3,(H,20,22)(H,21,23)/t12-/m0/s1. The first-order valence-electron chi connectivity index (χ1n) is 8.46. The third kappa shape index (κ3) is 4.49. The Morgan fingerprint density at radius 3 is 2.73 bits per heavy atom. The Hall–Kier alpha value is -2.67. The predicted octanol–water partition coefficient (Wildman–Crippen LogP) is 2.49. The van der Waals surface area contributed by atoms with Crippen molar-refractivity contribution >= 4 is 29.1 Å². The molecule has 2 aromatic rings. The van der Waals surface area contributed by atoms with Gasteiger partial charge >= 0.3 is 5.97 Å². The zero-order valence-electron chi connectivity index (χ0n) is 14.4. The molecule has 0 bridgehead atoms. The van der Waals surface area contributed by atoms with Crippen molar-refractivity contribution in [1.82, 2.24) is 10.9 Å². The largest absolute Gasteiger partial charge is 0.451 e. The molecule has 0 saturated heterocycles. The van der Waals surface area contributed by atoms with Crippen molar-refractivity contribution in [2.24, 2.45) is 5.92 Å². The van der Waals surface area contributed by atoms with E-state index < -0.39 is 24.4 Å². The molecule has 1 aliphatic rings. The van der Waals surface area contributed by atoms with Gasteiger partial charge in [-0.05, 0) is 48.9 Å². The second kappa shape index (κ2) is 8.14. The van der Waals surface area contributed by atoms with Crippen molar-refractivity contribution in [3.63, 3.8) is 0 Å². The Balaban J connectivity index is 1.46. The number of benzene rings is 1. The number of aryl methyl sites for hydroxylation is 1. The lowest BCUT2D eigenvalue weighted by Gasteiger charge is -2.16. The van der Waals surface area contributed by atoms with Gasteiger partial charge in [-0.3, -0.25) is 20.4 Å². The average molecular weight is 372 g/mol. The highest BCUT2D eigenvalue weighted by Crippen LogP contribution is 2.32. The van der Waals surface area contributed by atoms with Crippen LogP contribution in [0, 0.1) is 5.92 Å². The summed E-state index contributed by atoms with van der Waals surface area (Å²) in [4.78, 5) is 37.4. The van der Waals surface area contributed by atoms with Gasteiger partial charge in [0.25, 0.3) is 11.8 Å². The van der Waals surface area contributed by atoms with Crippen molar-refractivity contribution in [1.29, 1.82) is 0 Å². The molecule has 1 aromatic carbocycles. The molecule has 1 heterocycles. The number of thiophene rings is 1. The van der Waals surface area contributed by atoms with Gasteiger partial charge in [0.15, 0.2) is 6.61 Å². The molecular weight excluding hydrogens is 352 g/mol. The lowest BCUT2D eigenvalue weighted by Crippen LogP contribution is -2.43. The first-order chi connectivity index (χ1) is 12.5. The van der Waals surface area contributed by atoms with Crippen molar-refractivity contribution in [2.45, 2.75) is 26.2 Å². The Morgan fingerprint density at radius 2 is 1.96 bits per heavy atom. The van der Waals surface area contributed by atoms with Crippen LogP contribution >= 0.6 is 11.3 Å². The van der Waals surface area contributed by atoms with Gasteiger partial charge in [-0.25, -0.2) is 4.79 Å². The average Bonchev–Trinajstić information content (AvgIpc) is 3.08. The highest BCUT2D eigenvalue weighted by molar-refractivity contribution is 7.14. The Morgan fingerprint density at radius 1 is 1.19 bits per heavy atom. The van der Waals surface area contributed by atoms with Gasteiger partial charge in [0.05, 0.1) is 0 Å². The fraction of sp³-hybridized carbons (Fsp3) is 0.316. The van der Waals surface area contributed by atoms with E-state index in [0.717, 1.165) is 19.3 Å². The minimum absolute atomic E-state index is 0.420. The van der Waals surface area contributed by atoms with Gasteiger partial charge in [-0.2, -0.15) is 0 Å². The summed E-state index contributed by atoms with van der Waals surface area (Å²) in [7, 11) is 0. The molecule has 26 heavy (non-hydrogen) atoms. The Bertz CT molecular complexity index is 816. The Labute approximate surface area is 155 Å². The zero-order chi connectivity index (χ0) is 18.5. The van der Waals surface area contributed by atoms with Crippen molar-refractivity contribution < 1.29 is 19.1 Å². The summed E-state index contributed by atoms with van der Waals surface area (Å²) < 4.78 is 5.04. The maximum atomic E-state index is 12.1.